The Labute approximate surface area is 126 Å². The number of aromatic amines is 1. The fourth-order valence-corrected chi connectivity index (χ4v) is 2.19. The molecule has 0 bridgehead atoms. The first-order valence-electron chi connectivity index (χ1n) is 6.70. The van der Waals surface area contributed by atoms with E-state index in [1.165, 1.54) is 24.3 Å². The van der Waals surface area contributed by atoms with E-state index in [0.717, 1.165) is 10.9 Å². The molecule has 3 aromatic rings. The summed E-state index contributed by atoms with van der Waals surface area (Å²) < 4.78 is 5.02. The number of ether oxygens (including phenoxy) is 1. The number of H-pyrrole nitrogens is 1. The maximum Gasteiger partial charge on any atom is 0.338 e. The highest BCUT2D eigenvalue weighted by atomic mass is 16.5. The van der Waals surface area contributed by atoms with Crippen LogP contribution in [0.2, 0.25) is 0 Å². The zero-order valence-electron chi connectivity index (χ0n) is 11.6. The lowest BCUT2D eigenvalue weighted by atomic mass is 10.1. The number of ketones is 1. The van der Waals surface area contributed by atoms with Crippen LogP contribution < -0.4 is 0 Å². The van der Waals surface area contributed by atoms with Gasteiger partial charge in [-0.15, -0.1) is 0 Å². The van der Waals surface area contributed by atoms with Gasteiger partial charge < -0.3 is 14.8 Å². The third-order valence-electron chi connectivity index (χ3n) is 3.33. The number of phenols is 1. The Bertz CT molecular complexity index is 833. The van der Waals surface area contributed by atoms with E-state index in [4.69, 9.17) is 4.74 Å². The molecule has 22 heavy (non-hydrogen) atoms. The van der Waals surface area contributed by atoms with Crippen LogP contribution in [0, 0.1) is 0 Å². The molecule has 0 aliphatic heterocycles. The van der Waals surface area contributed by atoms with Crippen molar-refractivity contribution in [3.8, 4) is 5.75 Å². The Morgan fingerprint density at radius 3 is 2.55 bits per heavy atom. The number of rotatable bonds is 4. The van der Waals surface area contributed by atoms with E-state index in [1.54, 1.807) is 6.20 Å². The van der Waals surface area contributed by atoms with Gasteiger partial charge in [0.1, 0.15) is 5.75 Å². The third kappa shape index (κ3) is 2.69. The number of hydrogen-bond acceptors (Lipinski definition) is 4. The van der Waals surface area contributed by atoms with Gasteiger partial charge in [0.2, 0.25) is 5.78 Å². The zero-order chi connectivity index (χ0) is 15.5. The number of carbonyl (C=O) groups excluding carboxylic acids is 2. The highest BCUT2D eigenvalue weighted by molar-refractivity contribution is 6.09. The average Bonchev–Trinajstić information content (AvgIpc) is 2.97. The summed E-state index contributed by atoms with van der Waals surface area (Å²) in [5.41, 5.74) is 1.63. The standard InChI is InChI=1S/C17H13NO4/c19-12-7-5-11(6-8-12)17(21)22-10-16(20)14-9-18-15-4-2-1-3-13(14)15/h1-9,18-19H,10H2. The van der Waals surface area contributed by atoms with Crippen LogP contribution in [0.4, 0.5) is 0 Å². The summed E-state index contributed by atoms with van der Waals surface area (Å²) in [6.45, 7) is -0.332. The number of para-hydroxylation sites is 1. The molecule has 0 spiro atoms. The van der Waals surface area contributed by atoms with E-state index in [1.807, 2.05) is 24.3 Å². The Morgan fingerprint density at radius 2 is 1.77 bits per heavy atom. The molecule has 0 saturated carbocycles. The van der Waals surface area contributed by atoms with Crippen molar-refractivity contribution in [2.24, 2.45) is 0 Å². The fraction of sp³-hybridized carbons (Fsp3) is 0.0588. The molecule has 5 heteroatoms. The SMILES string of the molecule is O=C(OCC(=O)c1c[nH]c2ccccc12)c1ccc(O)cc1. The van der Waals surface area contributed by atoms with E-state index in [-0.39, 0.29) is 23.7 Å². The van der Waals surface area contributed by atoms with Crippen LogP contribution in [0.3, 0.4) is 0 Å². The molecule has 5 nitrogen and oxygen atoms in total. The van der Waals surface area contributed by atoms with Crippen molar-refractivity contribution < 1.29 is 19.4 Å². The maximum absolute atomic E-state index is 12.2. The third-order valence-corrected chi connectivity index (χ3v) is 3.33. The first-order chi connectivity index (χ1) is 10.6. The van der Waals surface area contributed by atoms with Gasteiger partial charge in [-0.2, -0.15) is 0 Å². The highest BCUT2D eigenvalue weighted by Crippen LogP contribution is 2.18. The van der Waals surface area contributed by atoms with E-state index in [9.17, 15) is 14.7 Å². The van der Waals surface area contributed by atoms with Crippen molar-refractivity contribution in [1.82, 2.24) is 4.98 Å². The number of hydrogen-bond donors (Lipinski definition) is 2. The van der Waals surface area contributed by atoms with Gasteiger partial charge in [0.05, 0.1) is 5.56 Å². The lowest BCUT2D eigenvalue weighted by Crippen LogP contribution is -2.14. The quantitative estimate of drug-likeness (QED) is 0.573. The van der Waals surface area contributed by atoms with Gasteiger partial charge in [0.15, 0.2) is 6.61 Å². The molecule has 2 N–H and O–H groups in total. The minimum atomic E-state index is -0.604. The molecule has 0 saturated heterocycles. The second kappa shape index (κ2) is 5.73. The molecule has 0 radical (unpaired) electrons. The monoisotopic (exact) mass is 295 g/mol. The molecule has 0 aliphatic carbocycles. The van der Waals surface area contributed by atoms with Gasteiger partial charge in [-0.1, -0.05) is 18.2 Å². The Balaban J connectivity index is 1.70. The lowest BCUT2D eigenvalue weighted by Gasteiger charge is -2.04. The van der Waals surface area contributed by atoms with Crippen LogP contribution in [-0.2, 0) is 4.74 Å². The van der Waals surface area contributed by atoms with Crippen LogP contribution in [0.5, 0.6) is 5.75 Å². The molecule has 3 rings (SSSR count). The number of phenolic OH excluding ortho intramolecular Hbond substituents is 1. The number of benzene rings is 2. The van der Waals surface area contributed by atoms with Gasteiger partial charge in [0.25, 0.3) is 0 Å². The smallest absolute Gasteiger partial charge is 0.338 e. The van der Waals surface area contributed by atoms with Crippen molar-refractivity contribution in [3.63, 3.8) is 0 Å². The molecular formula is C17H13NO4. The largest absolute Gasteiger partial charge is 0.508 e. The molecule has 0 amide bonds. The summed E-state index contributed by atoms with van der Waals surface area (Å²) in [4.78, 5) is 27.0. The van der Waals surface area contributed by atoms with Crippen LogP contribution in [0.1, 0.15) is 20.7 Å². The van der Waals surface area contributed by atoms with Gasteiger partial charge in [-0.3, -0.25) is 4.79 Å². The fourth-order valence-electron chi connectivity index (χ4n) is 2.19. The first kappa shape index (κ1) is 13.9. The van der Waals surface area contributed by atoms with Gasteiger partial charge in [-0.25, -0.2) is 4.79 Å². The summed E-state index contributed by atoms with van der Waals surface area (Å²) in [5.74, 6) is -0.816. The Morgan fingerprint density at radius 1 is 1.05 bits per heavy atom. The van der Waals surface area contributed by atoms with E-state index in [2.05, 4.69) is 4.98 Å². The molecule has 2 aromatic carbocycles. The van der Waals surface area contributed by atoms with Crippen molar-refractivity contribution >= 4 is 22.7 Å². The second-order valence-electron chi connectivity index (χ2n) is 4.79. The minimum absolute atomic E-state index is 0.0615. The first-order valence-corrected chi connectivity index (χ1v) is 6.70. The summed E-state index contributed by atoms with van der Waals surface area (Å²) in [6.07, 6.45) is 1.61. The topological polar surface area (TPSA) is 79.4 Å². The number of Topliss-reactive ketones (excluding diaryl/α,β-unsaturated/α-hetero) is 1. The summed E-state index contributed by atoms with van der Waals surface area (Å²) >= 11 is 0. The number of aromatic hydroxyl groups is 1. The van der Waals surface area contributed by atoms with Crippen LogP contribution in [0.25, 0.3) is 10.9 Å². The highest BCUT2D eigenvalue weighted by Gasteiger charge is 2.15. The minimum Gasteiger partial charge on any atom is -0.508 e. The van der Waals surface area contributed by atoms with Crippen molar-refractivity contribution in [3.05, 3.63) is 65.9 Å². The maximum atomic E-state index is 12.2. The van der Waals surface area contributed by atoms with Crippen molar-refractivity contribution in [2.45, 2.75) is 0 Å². The van der Waals surface area contributed by atoms with E-state index in [0.29, 0.717) is 5.56 Å². The molecule has 1 aromatic heterocycles. The molecular weight excluding hydrogens is 282 g/mol. The predicted octanol–water partition coefficient (Wildman–Crippen LogP) is 2.91. The molecule has 0 atom stereocenters. The molecule has 1 heterocycles. The van der Waals surface area contributed by atoms with Crippen molar-refractivity contribution in [2.75, 3.05) is 6.61 Å². The normalized spacial score (nSPS) is 10.5. The van der Waals surface area contributed by atoms with E-state index >= 15 is 0 Å². The van der Waals surface area contributed by atoms with Gasteiger partial charge >= 0.3 is 5.97 Å². The van der Waals surface area contributed by atoms with E-state index < -0.39 is 5.97 Å². The number of carbonyl (C=O) groups is 2. The second-order valence-corrected chi connectivity index (χ2v) is 4.79. The van der Waals surface area contributed by atoms with Crippen LogP contribution >= 0.6 is 0 Å². The van der Waals surface area contributed by atoms with Gasteiger partial charge in [0, 0.05) is 22.7 Å². The summed E-state index contributed by atoms with van der Waals surface area (Å²) in [7, 11) is 0. The van der Waals surface area contributed by atoms with Crippen molar-refractivity contribution in [1.29, 1.82) is 0 Å². The number of aromatic nitrogens is 1. The Kier molecular flexibility index (Phi) is 3.62. The van der Waals surface area contributed by atoms with Crippen LogP contribution in [-0.4, -0.2) is 28.4 Å². The lowest BCUT2D eigenvalue weighted by molar-refractivity contribution is 0.0475. The molecule has 0 aliphatic rings. The number of fused-ring (bicyclic) bond motifs is 1. The molecule has 0 unspecified atom stereocenters. The summed E-state index contributed by atoms with van der Waals surface area (Å²) in [5, 5.41) is 9.97. The number of nitrogens with one attached hydrogen (secondary N) is 1. The molecule has 0 fully saturated rings. The Hall–Kier alpha value is -3.08. The average molecular weight is 295 g/mol. The molecule has 110 valence electrons. The zero-order valence-corrected chi connectivity index (χ0v) is 11.6. The predicted molar refractivity (Wildman–Crippen MR) is 81.0 cm³/mol. The summed E-state index contributed by atoms with van der Waals surface area (Å²) in [6, 6.07) is 13.1. The van der Waals surface area contributed by atoms with Crippen LogP contribution in [0.15, 0.2) is 54.7 Å². The van der Waals surface area contributed by atoms with Gasteiger partial charge in [-0.05, 0) is 30.3 Å². The number of esters is 1.